The molecule has 2 N–H and O–H groups in total. The highest BCUT2D eigenvalue weighted by Crippen LogP contribution is 2.32. The van der Waals surface area contributed by atoms with E-state index in [0.29, 0.717) is 0 Å². The third kappa shape index (κ3) is 6.44. The van der Waals surface area contributed by atoms with Gasteiger partial charge in [0.05, 0.1) is 14.2 Å². The Morgan fingerprint density at radius 3 is 2.07 bits per heavy atom. The molecule has 0 bridgehead atoms. The summed E-state index contributed by atoms with van der Waals surface area (Å²) in [6, 6.07) is -1.02. The van der Waals surface area contributed by atoms with Crippen molar-refractivity contribution in [3.63, 3.8) is 0 Å². The molecule has 0 rings (SSSR count). The molecule has 1 amide bonds. The molecule has 0 aromatic rings. The third-order valence-corrected chi connectivity index (χ3v) is 4.16. The largest absolute Gasteiger partial charge is 0.480 e. The van der Waals surface area contributed by atoms with Crippen LogP contribution in [0.2, 0.25) is 0 Å². The lowest BCUT2D eigenvalue weighted by Gasteiger charge is -2.25. The highest BCUT2D eigenvalue weighted by atomic mass is 16.5. The number of hydrogen-bond donors (Lipinski definition) is 2. The number of amides is 1. The maximum absolute atomic E-state index is 12.2. The van der Waals surface area contributed by atoms with E-state index in [4.69, 9.17) is 21.0 Å². The Labute approximate surface area is 159 Å². The number of hydrogen-bond acceptors (Lipinski definition) is 6. The lowest BCUT2D eigenvalue weighted by atomic mass is 9.80. The molecule has 0 saturated carbocycles. The smallest absolute Gasteiger partial charge is 0.326 e. The third-order valence-electron chi connectivity index (χ3n) is 4.16. The molecule has 0 unspecified atom stereocenters. The number of carbonyl (C=O) groups excluding carboxylic acids is 3. The molecule has 8 nitrogen and oxygen atoms in total. The second-order valence-corrected chi connectivity index (χ2v) is 6.41. The fraction of sp³-hybridized carbons (Fsp3) is 0.579. The monoisotopic (exact) mass is 381 g/mol. The molecular weight excluding hydrogens is 354 g/mol. The van der Waals surface area contributed by atoms with Crippen molar-refractivity contribution in [1.82, 2.24) is 5.32 Å². The fourth-order valence-corrected chi connectivity index (χ4v) is 2.48. The molecular formula is C19H27NO7. The first-order valence-corrected chi connectivity index (χ1v) is 8.38. The second kappa shape index (κ2) is 11.0. The number of ether oxygens (including phenoxy) is 2. The molecule has 150 valence electrons. The molecule has 0 fully saturated rings. The highest BCUT2D eigenvalue weighted by Gasteiger charge is 2.47. The van der Waals surface area contributed by atoms with Crippen molar-refractivity contribution in [2.75, 3.05) is 14.2 Å². The summed E-state index contributed by atoms with van der Waals surface area (Å²) in [6.45, 7) is 4.87. The van der Waals surface area contributed by atoms with Gasteiger partial charge in [-0.1, -0.05) is 19.9 Å². The minimum atomic E-state index is -1.66. The molecule has 0 radical (unpaired) electrons. The molecule has 1 atom stereocenters. The van der Waals surface area contributed by atoms with Crippen molar-refractivity contribution in [2.45, 2.75) is 46.1 Å². The van der Waals surface area contributed by atoms with E-state index in [1.54, 1.807) is 13.8 Å². The van der Waals surface area contributed by atoms with Crippen LogP contribution in [-0.4, -0.2) is 49.2 Å². The van der Waals surface area contributed by atoms with Crippen LogP contribution in [0.4, 0.5) is 0 Å². The summed E-state index contributed by atoms with van der Waals surface area (Å²) >= 11 is 0. The maximum Gasteiger partial charge on any atom is 0.326 e. The van der Waals surface area contributed by atoms with Gasteiger partial charge in [0, 0.05) is 12.0 Å². The standard InChI is InChI=1S/C19H27NO7/c1-7-10-19(17(24)26-5,18(25)27-6)11-8-9-13(4)15(21)20-14(12(2)3)16(22)23/h1,9,12,14H,8,10-11H2,2-6H3,(H,20,21)(H,22,23)/b13-9+/t14-/m0/s1. The zero-order valence-electron chi connectivity index (χ0n) is 16.3. The molecule has 27 heavy (non-hydrogen) atoms. The lowest BCUT2D eigenvalue weighted by Crippen LogP contribution is -2.44. The van der Waals surface area contributed by atoms with Crippen LogP contribution in [0.3, 0.4) is 0 Å². The van der Waals surface area contributed by atoms with Gasteiger partial charge in [0.2, 0.25) is 5.91 Å². The predicted molar refractivity (Wildman–Crippen MR) is 97.3 cm³/mol. The van der Waals surface area contributed by atoms with Crippen LogP contribution < -0.4 is 5.32 Å². The quantitative estimate of drug-likeness (QED) is 0.253. The second-order valence-electron chi connectivity index (χ2n) is 6.41. The minimum Gasteiger partial charge on any atom is -0.480 e. The van der Waals surface area contributed by atoms with Crippen molar-refractivity contribution >= 4 is 23.8 Å². The number of carboxylic acids is 1. The fourth-order valence-electron chi connectivity index (χ4n) is 2.48. The Morgan fingerprint density at radius 1 is 1.19 bits per heavy atom. The molecule has 0 aliphatic rings. The van der Waals surface area contributed by atoms with Gasteiger partial charge in [-0.25, -0.2) is 4.79 Å². The van der Waals surface area contributed by atoms with Crippen molar-refractivity contribution in [3.05, 3.63) is 11.6 Å². The van der Waals surface area contributed by atoms with Gasteiger partial charge in [-0.05, 0) is 25.7 Å². The first kappa shape index (κ1) is 24.2. The summed E-state index contributed by atoms with van der Waals surface area (Å²) in [5.74, 6) is -1.31. The van der Waals surface area contributed by atoms with Gasteiger partial charge in [-0.2, -0.15) is 0 Å². The minimum absolute atomic E-state index is 0.0201. The summed E-state index contributed by atoms with van der Waals surface area (Å²) in [5, 5.41) is 11.6. The maximum atomic E-state index is 12.2. The summed E-state index contributed by atoms with van der Waals surface area (Å²) in [4.78, 5) is 47.6. The number of carboxylic acid groups (broad SMARTS) is 1. The topological polar surface area (TPSA) is 119 Å². The lowest BCUT2D eigenvalue weighted by molar-refractivity contribution is -0.169. The van der Waals surface area contributed by atoms with Crippen LogP contribution in [0.25, 0.3) is 0 Å². The predicted octanol–water partition coefficient (Wildman–Crippen LogP) is 1.29. The van der Waals surface area contributed by atoms with Crippen molar-refractivity contribution in [1.29, 1.82) is 0 Å². The first-order valence-electron chi connectivity index (χ1n) is 8.38. The summed E-state index contributed by atoms with van der Waals surface area (Å²) < 4.78 is 9.40. The number of aliphatic carboxylic acids is 1. The zero-order chi connectivity index (χ0) is 21.2. The van der Waals surface area contributed by atoms with Crippen LogP contribution in [0.1, 0.15) is 40.0 Å². The van der Waals surface area contributed by atoms with Gasteiger partial charge in [0.15, 0.2) is 5.41 Å². The highest BCUT2D eigenvalue weighted by molar-refractivity contribution is 6.00. The van der Waals surface area contributed by atoms with Gasteiger partial charge in [-0.15, -0.1) is 12.3 Å². The molecule has 0 aliphatic heterocycles. The van der Waals surface area contributed by atoms with E-state index in [1.807, 2.05) is 0 Å². The Balaban J connectivity index is 5.30. The molecule has 0 spiro atoms. The number of allylic oxidation sites excluding steroid dienone is 1. The van der Waals surface area contributed by atoms with Gasteiger partial charge < -0.3 is 19.9 Å². The Morgan fingerprint density at radius 2 is 1.70 bits per heavy atom. The van der Waals surface area contributed by atoms with E-state index in [0.717, 1.165) is 14.2 Å². The summed E-state index contributed by atoms with van der Waals surface area (Å²) in [5.41, 5.74) is -1.40. The molecule has 0 aromatic carbocycles. The SMILES string of the molecule is C#CCC(CC/C=C(\C)C(=O)N[C@H](C(=O)O)C(C)C)(C(=O)OC)C(=O)OC. The number of rotatable bonds is 10. The molecule has 0 saturated heterocycles. The van der Waals surface area contributed by atoms with Crippen LogP contribution in [0.5, 0.6) is 0 Å². The van der Waals surface area contributed by atoms with Gasteiger partial charge in [0.25, 0.3) is 0 Å². The first-order chi connectivity index (χ1) is 12.6. The van der Waals surface area contributed by atoms with Crippen molar-refractivity contribution < 1.29 is 33.8 Å². The van der Waals surface area contributed by atoms with Crippen LogP contribution >= 0.6 is 0 Å². The Kier molecular flexibility index (Phi) is 9.86. The van der Waals surface area contributed by atoms with E-state index >= 15 is 0 Å². The van der Waals surface area contributed by atoms with E-state index in [9.17, 15) is 19.2 Å². The van der Waals surface area contributed by atoms with Gasteiger partial charge >= 0.3 is 17.9 Å². The van der Waals surface area contributed by atoms with Gasteiger partial charge in [0.1, 0.15) is 6.04 Å². The average molecular weight is 381 g/mol. The number of esters is 2. The summed E-state index contributed by atoms with van der Waals surface area (Å²) in [6.07, 6.45) is 6.72. The van der Waals surface area contributed by atoms with Crippen LogP contribution in [0.15, 0.2) is 11.6 Å². The number of methoxy groups -OCH3 is 2. The van der Waals surface area contributed by atoms with E-state index in [2.05, 4.69) is 11.2 Å². The Bertz CT molecular complexity index is 627. The zero-order valence-corrected chi connectivity index (χ0v) is 16.3. The normalized spacial score (nSPS) is 12.7. The van der Waals surface area contributed by atoms with Crippen LogP contribution in [-0.2, 0) is 28.7 Å². The summed E-state index contributed by atoms with van der Waals surface area (Å²) in [7, 11) is 2.28. The van der Waals surface area contributed by atoms with Crippen LogP contribution in [0, 0.1) is 23.7 Å². The number of carbonyl (C=O) groups is 4. The van der Waals surface area contributed by atoms with E-state index in [-0.39, 0.29) is 30.8 Å². The average Bonchev–Trinajstić information content (AvgIpc) is 2.62. The molecule has 0 aliphatic carbocycles. The number of terminal acetylenes is 1. The molecule has 8 heteroatoms. The Hall–Kier alpha value is -2.82. The molecule has 0 aromatic heterocycles. The van der Waals surface area contributed by atoms with E-state index < -0.39 is 35.3 Å². The van der Waals surface area contributed by atoms with Gasteiger partial charge in [-0.3, -0.25) is 14.4 Å². The van der Waals surface area contributed by atoms with E-state index in [1.165, 1.54) is 13.0 Å². The van der Waals surface area contributed by atoms with Crippen molar-refractivity contribution in [3.8, 4) is 12.3 Å². The molecule has 0 heterocycles. The van der Waals surface area contributed by atoms with Crippen molar-refractivity contribution in [2.24, 2.45) is 11.3 Å². The number of nitrogens with one attached hydrogen (secondary N) is 1.